The zero-order valence-corrected chi connectivity index (χ0v) is 18.1. The van der Waals surface area contributed by atoms with E-state index >= 15 is 0 Å². The van der Waals surface area contributed by atoms with Gasteiger partial charge >= 0.3 is 18.0 Å². The molecule has 0 bridgehead atoms. The molecular weight excluding hydrogens is 404 g/mol. The van der Waals surface area contributed by atoms with E-state index in [4.69, 9.17) is 9.47 Å². The van der Waals surface area contributed by atoms with Crippen LogP contribution >= 0.6 is 0 Å². The van der Waals surface area contributed by atoms with Gasteiger partial charge in [-0.15, -0.1) is 0 Å². The number of carbonyl (C=O) groups excluding carboxylic acids is 3. The number of alkyl carbamates (subject to hydrolysis) is 1. The molecule has 31 heavy (non-hydrogen) atoms. The van der Waals surface area contributed by atoms with Gasteiger partial charge in [-0.25, -0.2) is 9.59 Å². The fourth-order valence-electron chi connectivity index (χ4n) is 3.06. The van der Waals surface area contributed by atoms with Crippen molar-refractivity contribution >= 4 is 29.6 Å². The van der Waals surface area contributed by atoms with Gasteiger partial charge in [0.05, 0.1) is 0 Å². The van der Waals surface area contributed by atoms with Gasteiger partial charge in [0.2, 0.25) is 0 Å². The molecular formula is C22H28N2O7. The Morgan fingerprint density at radius 2 is 1.94 bits per heavy atom. The summed E-state index contributed by atoms with van der Waals surface area (Å²) in [6, 6.07) is 5.51. The molecule has 1 aliphatic rings. The Balaban J connectivity index is 2.02. The standard InChI is InChI=1S/C22H28N2O7/c1-13(25)30-17-9-8-15(12-17)19(26)23-16-7-5-6-14(10-16)11-18(20(27)28)24-21(29)31-22(2,3)4/h5-7,10,12,17-18H,8-9,11H2,1-4H3,(H,23,26)(H,24,29)(H,27,28). The highest BCUT2D eigenvalue weighted by molar-refractivity contribution is 6.04. The number of benzene rings is 1. The highest BCUT2D eigenvalue weighted by Gasteiger charge is 2.25. The smallest absolute Gasteiger partial charge is 0.408 e. The number of amides is 2. The number of rotatable bonds is 7. The van der Waals surface area contributed by atoms with E-state index < -0.39 is 35.8 Å². The molecule has 0 aromatic heterocycles. The molecule has 0 saturated heterocycles. The van der Waals surface area contributed by atoms with Gasteiger partial charge in [0.15, 0.2) is 0 Å². The molecule has 9 heteroatoms. The number of carboxylic acid groups (broad SMARTS) is 1. The normalized spacial score (nSPS) is 16.6. The third kappa shape index (κ3) is 8.12. The third-order valence-corrected chi connectivity index (χ3v) is 4.31. The second kappa shape index (κ2) is 10.1. The second-order valence-electron chi connectivity index (χ2n) is 8.27. The molecule has 2 atom stereocenters. The van der Waals surface area contributed by atoms with E-state index in [0.717, 1.165) is 0 Å². The summed E-state index contributed by atoms with van der Waals surface area (Å²) >= 11 is 0. The number of carbonyl (C=O) groups is 4. The van der Waals surface area contributed by atoms with Crippen LogP contribution in [0.5, 0.6) is 0 Å². The molecule has 0 heterocycles. The van der Waals surface area contributed by atoms with E-state index in [2.05, 4.69) is 10.6 Å². The van der Waals surface area contributed by atoms with Crippen molar-refractivity contribution in [2.75, 3.05) is 5.32 Å². The van der Waals surface area contributed by atoms with Crippen LogP contribution in [-0.2, 0) is 30.3 Å². The van der Waals surface area contributed by atoms with E-state index in [-0.39, 0.29) is 12.3 Å². The van der Waals surface area contributed by atoms with Crippen molar-refractivity contribution in [3.8, 4) is 0 Å². The van der Waals surface area contributed by atoms with Crippen LogP contribution in [0.4, 0.5) is 10.5 Å². The summed E-state index contributed by atoms with van der Waals surface area (Å²) in [5.74, 6) is -1.91. The number of esters is 1. The maximum absolute atomic E-state index is 12.5. The Labute approximate surface area is 180 Å². The van der Waals surface area contributed by atoms with Crippen molar-refractivity contribution in [1.29, 1.82) is 0 Å². The molecule has 2 rings (SSSR count). The van der Waals surface area contributed by atoms with Gasteiger partial charge in [0.1, 0.15) is 17.7 Å². The predicted octanol–water partition coefficient (Wildman–Crippen LogP) is 2.80. The van der Waals surface area contributed by atoms with Crippen molar-refractivity contribution in [3.05, 3.63) is 41.5 Å². The van der Waals surface area contributed by atoms with Gasteiger partial charge in [-0.05, 0) is 57.4 Å². The van der Waals surface area contributed by atoms with Crippen molar-refractivity contribution in [2.45, 2.75) is 64.7 Å². The number of carboxylic acids is 1. The lowest BCUT2D eigenvalue weighted by Crippen LogP contribution is -2.44. The molecule has 0 spiro atoms. The first-order valence-electron chi connectivity index (χ1n) is 9.93. The summed E-state index contributed by atoms with van der Waals surface area (Å²) in [6.45, 7) is 6.37. The Kier molecular flexibility index (Phi) is 7.79. The first-order valence-corrected chi connectivity index (χ1v) is 9.93. The zero-order chi connectivity index (χ0) is 23.2. The predicted molar refractivity (Wildman–Crippen MR) is 112 cm³/mol. The molecule has 2 unspecified atom stereocenters. The summed E-state index contributed by atoms with van der Waals surface area (Å²) < 4.78 is 10.2. The minimum Gasteiger partial charge on any atom is -0.480 e. The van der Waals surface area contributed by atoms with Crippen molar-refractivity contribution in [1.82, 2.24) is 5.32 Å². The monoisotopic (exact) mass is 432 g/mol. The van der Waals surface area contributed by atoms with Crippen molar-refractivity contribution < 1.29 is 33.8 Å². The molecule has 0 saturated carbocycles. The summed E-state index contributed by atoms with van der Waals surface area (Å²) in [5, 5.41) is 14.6. The first kappa shape index (κ1) is 23.9. The van der Waals surface area contributed by atoms with E-state index in [1.807, 2.05) is 0 Å². The molecule has 1 aliphatic carbocycles. The highest BCUT2D eigenvalue weighted by Crippen LogP contribution is 2.23. The Morgan fingerprint density at radius 3 is 2.55 bits per heavy atom. The molecule has 0 radical (unpaired) electrons. The topological polar surface area (TPSA) is 131 Å². The van der Waals surface area contributed by atoms with E-state index in [0.29, 0.717) is 29.7 Å². The van der Waals surface area contributed by atoms with E-state index in [9.17, 15) is 24.3 Å². The van der Waals surface area contributed by atoms with Gasteiger partial charge in [-0.3, -0.25) is 9.59 Å². The summed E-state index contributed by atoms with van der Waals surface area (Å²) in [4.78, 5) is 47.0. The maximum Gasteiger partial charge on any atom is 0.408 e. The minimum absolute atomic E-state index is 0.00943. The second-order valence-corrected chi connectivity index (χ2v) is 8.27. The molecule has 9 nitrogen and oxygen atoms in total. The zero-order valence-electron chi connectivity index (χ0n) is 18.1. The van der Waals surface area contributed by atoms with Crippen LogP contribution in [0.25, 0.3) is 0 Å². The number of ether oxygens (including phenoxy) is 2. The molecule has 3 N–H and O–H groups in total. The lowest BCUT2D eigenvalue weighted by molar-refractivity contribution is -0.144. The number of nitrogens with one attached hydrogen (secondary N) is 2. The molecule has 0 aliphatic heterocycles. The highest BCUT2D eigenvalue weighted by atomic mass is 16.6. The maximum atomic E-state index is 12.5. The largest absolute Gasteiger partial charge is 0.480 e. The SMILES string of the molecule is CC(=O)OC1C=C(C(=O)Nc2cccc(CC(NC(=O)OC(C)(C)C)C(=O)O)c2)CC1. The number of anilines is 1. The van der Waals surface area contributed by atoms with Gasteiger partial charge in [-0.2, -0.15) is 0 Å². The van der Waals surface area contributed by atoms with Gasteiger partial charge < -0.3 is 25.2 Å². The van der Waals surface area contributed by atoms with Crippen LogP contribution in [0.15, 0.2) is 35.9 Å². The average Bonchev–Trinajstić information content (AvgIpc) is 3.07. The average molecular weight is 432 g/mol. The minimum atomic E-state index is -1.20. The fourth-order valence-corrected chi connectivity index (χ4v) is 3.06. The van der Waals surface area contributed by atoms with Crippen LogP contribution in [-0.4, -0.2) is 46.8 Å². The van der Waals surface area contributed by atoms with Crippen molar-refractivity contribution in [3.63, 3.8) is 0 Å². The molecule has 1 aromatic carbocycles. The summed E-state index contributed by atoms with van der Waals surface area (Å²) in [5.41, 5.74) is 0.868. The van der Waals surface area contributed by atoms with Crippen LogP contribution < -0.4 is 10.6 Å². The quantitative estimate of drug-likeness (QED) is 0.565. The third-order valence-electron chi connectivity index (χ3n) is 4.31. The lowest BCUT2D eigenvalue weighted by atomic mass is 10.1. The van der Waals surface area contributed by atoms with Crippen LogP contribution in [0, 0.1) is 0 Å². The summed E-state index contributed by atoms with van der Waals surface area (Å²) in [6.07, 6.45) is 1.46. The molecule has 2 amide bonds. The van der Waals surface area contributed by atoms with Crippen LogP contribution in [0.1, 0.15) is 46.1 Å². The Hall–Kier alpha value is -3.36. The van der Waals surface area contributed by atoms with Crippen LogP contribution in [0.3, 0.4) is 0 Å². The Morgan fingerprint density at radius 1 is 1.23 bits per heavy atom. The number of hydrogen-bond donors (Lipinski definition) is 3. The molecule has 168 valence electrons. The molecule has 1 aromatic rings. The number of hydrogen-bond acceptors (Lipinski definition) is 6. The van der Waals surface area contributed by atoms with E-state index in [1.54, 1.807) is 51.1 Å². The van der Waals surface area contributed by atoms with Crippen molar-refractivity contribution in [2.24, 2.45) is 0 Å². The van der Waals surface area contributed by atoms with Gasteiger partial charge in [-0.1, -0.05) is 12.1 Å². The van der Waals surface area contributed by atoms with Crippen LogP contribution in [0.2, 0.25) is 0 Å². The Bertz CT molecular complexity index is 886. The van der Waals surface area contributed by atoms with E-state index in [1.165, 1.54) is 6.92 Å². The fraction of sp³-hybridized carbons (Fsp3) is 0.455. The van der Waals surface area contributed by atoms with Gasteiger partial charge in [0.25, 0.3) is 5.91 Å². The first-order chi connectivity index (χ1) is 14.4. The van der Waals surface area contributed by atoms with Gasteiger partial charge in [0, 0.05) is 24.6 Å². The lowest BCUT2D eigenvalue weighted by Gasteiger charge is -2.22. The molecule has 0 fully saturated rings. The summed E-state index contributed by atoms with van der Waals surface area (Å²) in [7, 11) is 0. The number of aliphatic carboxylic acids is 1.